The Balaban J connectivity index is 1.59. The minimum Gasteiger partial charge on any atom is -0.320 e. The van der Waals surface area contributed by atoms with Gasteiger partial charge in [0, 0.05) is 17.0 Å². The number of pyridine rings is 2. The zero-order valence-electron chi connectivity index (χ0n) is 15.6. The van der Waals surface area contributed by atoms with Gasteiger partial charge in [-0.25, -0.2) is 9.67 Å². The molecule has 154 valence electrons. The second-order valence-electron chi connectivity index (χ2n) is 6.65. The number of hydrogen-bond acceptors (Lipinski definition) is 5. The topological polar surface area (TPSA) is 101 Å². The van der Waals surface area contributed by atoms with Crippen molar-refractivity contribution in [1.29, 1.82) is 0 Å². The average molecular weight is 423 g/mol. The Hall–Kier alpha value is -4.28. The number of rotatable bonds is 3. The first-order chi connectivity index (χ1) is 14.9. The maximum Gasteiger partial charge on any atom is 0.434 e. The van der Waals surface area contributed by atoms with Crippen LogP contribution in [-0.4, -0.2) is 35.9 Å². The summed E-state index contributed by atoms with van der Waals surface area (Å²) >= 11 is 0. The van der Waals surface area contributed by atoms with E-state index in [0.29, 0.717) is 21.9 Å². The number of carbonyl (C=O) groups is 1. The lowest BCUT2D eigenvalue weighted by Crippen LogP contribution is -2.21. The van der Waals surface area contributed by atoms with Crippen LogP contribution in [0.1, 0.15) is 16.1 Å². The van der Waals surface area contributed by atoms with E-state index >= 15 is 0 Å². The van der Waals surface area contributed by atoms with Gasteiger partial charge < -0.3 is 5.32 Å². The molecule has 0 aliphatic carbocycles. The van der Waals surface area contributed by atoms with Gasteiger partial charge in [0.05, 0.1) is 41.0 Å². The molecule has 0 fully saturated rings. The largest absolute Gasteiger partial charge is 0.434 e. The second-order valence-corrected chi connectivity index (χ2v) is 6.65. The van der Waals surface area contributed by atoms with E-state index < -0.39 is 23.3 Å². The SMILES string of the molecule is O=C(Nc1cnc2[nH]ncc2c1)c1cnn(-c2cccc3ncccc23)c1C(F)(F)F. The summed E-state index contributed by atoms with van der Waals surface area (Å²) in [5.74, 6) is -0.957. The van der Waals surface area contributed by atoms with Crippen molar-refractivity contribution in [3.63, 3.8) is 0 Å². The van der Waals surface area contributed by atoms with Crippen LogP contribution in [-0.2, 0) is 6.18 Å². The van der Waals surface area contributed by atoms with Crippen molar-refractivity contribution in [3.8, 4) is 5.69 Å². The number of H-pyrrole nitrogens is 1. The third kappa shape index (κ3) is 3.25. The van der Waals surface area contributed by atoms with E-state index in [1.165, 1.54) is 18.5 Å². The van der Waals surface area contributed by atoms with Crippen molar-refractivity contribution in [1.82, 2.24) is 29.9 Å². The van der Waals surface area contributed by atoms with Crippen LogP contribution in [0.3, 0.4) is 0 Å². The predicted molar refractivity (Wildman–Crippen MR) is 106 cm³/mol. The Morgan fingerprint density at radius 1 is 1.06 bits per heavy atom. The van der Waals surface area contributed by atoms with Gasteiger partial charge in [0.2, 0.25) is 0 Å². The maximum absolute atomic E-state index is 14.0. The quantitative estimate of drug-likeness (QED) is 0.457. The number of halogens is 3. The molecule has 4 heterocycles. The Kier molecular flexibility index (Phi) is 4.17. The average Bonchev–Trinajstić information content (AvgIpc) is 3.40. The summed E-state index contributed by atoms with van der Waals surface area (Å²) in [7, 11) is 0. The van der Waals surface area contributed by atoms with Crippen LogP contribution in [0.15, 0.2) is 61.2 Å². The molecule has 2 N–H and O–H groups in total. The van der Waals surface area contributed by atoms with Crippen molar-refractivity contribution in [2.75, 3.05) is 5.32 Å². The highest BCUT2D eigenvalue weighted by molar-refractivity contribution is 6.05. The Morgan fingerprint density at radius 2 is 1.94 bits per heavy atom. The van der Waals surface area contributed by atoms with Crippen molar-refractivity contribution < 1.29 is 18.0 Å². The Labute approximate surface area is 171 Å². The summed E-state index contributed by atoms with van der Waals surface area (Å²) in [6.45, 7) is 0. The van der Waals surface area contributed by atoms with Gasteiger partial charge in [0.15, 0.2) is 11.3 Å². The molecule has 4 aromatic heterocycles. The van der Waals surface area contributed by atoms with Crippen LogP contribution in [0.2, 0.25) is 0 Å². The van der Waals surface area contributed by atoms with Crippen molar-refractivity contribution in [3.05, 3.63) is 72.4 Å². The summed E-state index contributed by atoms with van der Waals surface area (Å²) in [5.41, 5.74) is -0.396. The minimum absolute atomic E-state index is 0.165. The fraction of sp³-hybridized carbons (Fsp3) is 0.0500. The van der Waals surface area contributed by atoms with E-state index in [1.807, 2.05) is 0 Å². The lowest BCUT2D eigenvalue weighted by molar-refractivity contribution is -0.143. The summed E-state index contributed by atoms with van der Waals surface area (Å²) in [6, 6.07) is 9.57. The highest BCUT2D eigenvalue weighted by Crippen LogP contribution is 2.35. The lowest BCUT2D eigenvalue weighted by Gasteiger charge is -2.14. The van der Waals surface area contributed by atoms with Gasteiger partial charge in [-0.1, -0.05) is 6.07 Å². The molecule has 5 aromatic rings. The number of anilines is 1. The van der Waals surface area contributed by atoms with Gasteiger partial charge in [-0.15, -0.1) is 0 Å². The van der Waals surface area contributed by atoms with E-state index in [1.54, 1.807) is 36.5 Å². The number of aromatic amines is 1. The summed E-state index contributed by atoms with van der Waals surface area (Å²) in [5, 5.41) is 13.9. The van der Waals surface area contributed by atoms with Crippen LogP contribution in [0.5, 0.6) is 0 Å². The van der Waals surface area contributed by atoms with Crippen LogP contribution in [0, 0.1) is 0 Å². The molecule has 1 aromatic carbocycles. The molecule has 1 amide bonds. The molecular formula is C20H12F3N7O. The smallest absolute Gasteiger partial charge is 0.320 e. The number of aromatic nitrogens is 6. The van der Waals surface area contributed by atoms with E-state index in [9.17, 15) is 18.0 Å². The first kappa shape index (κ1) is 18.7. The number of carbonyl (C=O) groups excluding carboxylic acids is 1. The van der Waals surface area contributed by atoms with Gasteiger partial charge in [0.1, 0.15) is 0 Å². The maximum atomic E-state index is 14.0. The number of nitrogens with one attached hydrogen (secondary N) is 2. The molecule has 0 atom stereocenters. The lowest BCUT2D eigenvalue weighted by atomic mass is 10.1. The first-order valence-electron chi connectivity index (χ1n) is 9.01. The van der Waals surface area contributed by atoms with Crippen LogP contribution in [0.4, 0.5) is 18.9 Å². The fourth-order valence-corrected chi connectivity index (χ4v) is 3.35. The molecule has 0 bridgehead atoms. The predicted octanol–water partition coefficient (Wildman–Crippen LogP) is 3.96. The zero-order chi connectivity index (χ0) is 21.6. The molecule has 0 aliphatic heterocycles. The number of amides is 1. The standard InChI is InChI=1S/C20H12F3N7O/c21-20(22,23)17-14(19(31)28-12-7-11-8-26-29-18(11)25-9-12)10-27-30(17)16-5-1-4-15-13(16)3-2-6-24-15/h1-10H,(H,28,31)(H,25,26,29). The van der Waals surface area contributed by atoms with Crippen LogP contribution in [0.25, 0.3) is 27.6 Å². The third-order valence-electron chi connectivity index (χ3n) is 4.68. The van der Waals surface area contributed by atoms with Crippen molar-refractivity contribution in [2.45, 2.75) is 6.18 Å². The van der Waals surface area contributed by atoms with E-state index in [-0.39, 0.29) is 11.4 Å². The van der Waals surface area contributed by atoms with E-state index in [4.69, 9.17) is 0 Å². The number of alkyl halides is 3. The Bertz CT molecular complexity index is 1430. The first-order valence-corrected chi connectivity index (χ1v) is 9.01. The normalized spacial score (nSPS) is 11.8. The summed E-state index contributed by atoms with van der Waals surface area (Å²) in [4.78, 5) is 21.0. The molecule has 5 rings (SSSR count). The fourth-order valence-electron chi connectivity index (χ4n) is 3.35. The highest BCUT2D eigenvalue weighted by atomic mass is 19.4. The minimum atomic E-state index is -4.83. The van der Waals surface area contributed by atoms with E-state index in [0.717, 1.165) is 10.9 Å². The molecule has 31 heavy (non-hydrogen) atoms. The van der Waals surface area contributed by atoms with Gasteiger partial charge in [-0.05, 0) is 30.3 Å². The monoisotopic (exact) mass is 423 g/mol. The molecule has 0 unspecified atom stereocenters. The molecule has 0 saturated heterocycles. The molecule has 0 radical (unpaired) electrons. The van der Waals surface area contributed by atoms with Crippen LogP contribution >= 0.6 is 0 Å². The van der Waals surface area contributed by atoms with Gasteiger partial charge in [-0.2, -0.15) is 23.4 Å². The molecule has 0 spiro atoms. The molecule has 11 heteroatoms. The van der Waals surface area contributed by atoms with Gasteiger partial charge >= 0.3 is 6.18 Å². The summed E-state index contributed by atoms with van der Waals surface area (Å²) < 4.78 is 42.8. The second kappa shape index (κ2) is 6.90. The highest BCUT2D eigenvalue weighted by Gasteiger charge is 2.40. The van der Waals surface area contributed by atoms with Crippen molar-refractivity contribution >= 4 is 33.5 Å². The molecule has 0 aliphatic rings. The number of benzene rings is 1. The molecule has 8 nitrogen and oxygen atoms in total. The third-order valence-corrected chi connectivity index (χ3v) is 4.68. The molecule has 0 saturated carbocycles. The zero-order valence-corrected chi connectivity index (χ0v) is 15.6. The number of nitrogens with zero attached hydrogens (tertiary/aromatic N) is 5. The van der Waals surface area contributed by atoms with Gasteiger partial charge in [0.25, 0.3) is 5.91 Å². The molecular weight excluding hydrogens is 411 g/mol. The van der Waals surface area contributed by atoms with E-state index in [2.05, 4.69) is 30.6 Å². The van der Waals surface area contributed by atoms with Gasteiger partial charge in [-0.3, -0.25) is 14.9 Å². The van der Waals surface area contributed by atoms with Crippen LogP contribution < -0.4 is 5.32 Å². The summed E-state index contributed by atoms with van der Waals surface area (Å²) in [6.07, 6.45) is 0.430. The number of hydrogen-bond donors (Lipinski definition) is 2. The Morgan fingerprint density at radius 3 is 2.77 bits per heavy atom. The number of fused-ring (bicyclic) bond motifs is 2. The van der Waals surface area contributed by atoms with Crippen molar-refractivity contribution in [2.24, 2.45) is 0 Å².